The SMILES string of the molecule is CC(C)c1ccc(NC(=O)[C@H](C)SCc2ccco2)cc1. The van der Waals surface area contributed by atoms with Gasteiger partial charge in [-0.2, -0.15) is 0 Å². The molecule has 4 heteroatoms. The lowest BCUT2D eigenvalue weighted by molar-refractivity contribution is -0.115. The Hall–Kier alpha value is -1.68. The second kappa shape index (κ2) is 7.36. The molecule has 1 atom stereocenters. The Morgan fingerprint density at radius 1 is 1.19 bits per heavy atom. The highest BCUT2D eigenvalue weighted by Crippen LogP contribution is 2.21. The zero-order valence-electron chi connectivity index (χ0n) is 12.6. The summed E-state index contributed by atoms with van der Waals surface area (Å²) in [4.78, 5) is 12.1. The van der Waals surface area contributed by atoms with E-state index in [2.05, 4.69) is 31.3 Å². The Balaban J connectivity index is 1.85. The van der Waals surface area contributed by atoms with Gasteiger partial charge in [-0.1, -0.05) is 26.0 Å². The fraction of sp³-hybridized carbons (Fsp3) is 0.353. The standard InChI is InChI=1S/C17H21NO2S/c1-12(2)14-6-8-15(9-7-14)18-17(19)13(3)21-11-16-5-4-10-20-16/h4-10,12-13H,11H2,1-3H3,(H,18,19)/t13-/m0/s1. The molecule has 1 amide bonds. The normalized spacial score (nSPS) is 12.4. The Morgan fingerprint density at radius 3 is 2.48 bits per heavy atom. The smallest absolute Gasteiger partial charge is 0.237 e. The highest BCUT2D eigenvalue weighted by molar-refractivity contribution is 7.99. The Bertz CT molecular complexity index is 561. The molecule has 0 saturated heterocycles. The molecule has 3 nitrogen and oxygen atoms in total. The van der Waals surface area contributed by atoms with Crippen LogP contribution in [-0.4, -0.2) is 11.2 Å². The number of hydrogen-bond donors (Lipinski definition) is 1. The first-order chi connectivity index (χ1) is 10.1. The zero-order valence-corrected chi connectivity index (χ0v) is 13.4. The fourth-order valence-electron chi connectivity index (χ4n) is 1.87. The summed E-state index contributed by atoms with van der Waals surface area (Å²) in [5.41, 5.74) is 2.11. The van der Waals surface area contributed by atoms with Crippen LogP contribution in [0.4, 0.5) is 5.69 Å². The van der Waals surface area contributed by atoms with Crippen molar-refractivity contribution in [2.45, 2.75) is 37.7 Å². The van der Waals surface area contributed by atoms with Crippen LogP contribution in [0.5, 0.6) is 0 Å². The molecule has 2 aromatic rings. The predicted octanol–water partition coefficient (Wildman–Crippen LogP) is 4.66. The zero-order chi connectivity index (χ0) is 15.2. The average molecular weight is 303 g/mol. The van der Waals surface area contributed by atoms with Crippen LogP contribution in [0.15, 0.2) is 47.1 Å². The molecule has 21 heavy (non-hydrogen) atoms. The van der Waals surface area contributed by atoms with Crippen LogP contribution in [0.1, 0.15) is 38.0 Å². The van der Waals surface area contributed by atoms with E-state index in [0.29, 0.717) is 11.7 Å². The van der Waals surface area contributed by atoms with E-state index in [0.717, 1.165) is 11.4 Å². The van der Waals surface area contributed by atoms with Gasteiger partial charge in [0.2, 0.25) is 5.91 Å². The Kier molecular flexibility index (Phi) is 5.51. The van der Waals surface area contributed by atoms with Crippen LogP contribution in [0.25, 0.3) is 0 Å². The fourth-order valence-corrected chi connectivity index (χ4v) is 2.66. The van der Waals surface area contributed by atoms with E-state index in [1.54, 1.807) is 18.0 Å². The third-order valence-corrected chi connectivity index (χ3v) is 4.44. The monoisotopic (exact) mass is 303 g/mol. The maximum atomic E-state index is 12.1. The molecule has 0 spiro atoms. The number of hydrogen-bond acceptors (Lipinski definition) is 3. The molecule has 1 aromatic carbocycles. The minimum atomic E-state index is -0.125. The lowest BCUT2D eigenvalue weighted by Crippen LogP contribution is -2.22. The van der Waals surface area contributed by atoms with Crippen molar-refractivity contribution in [1.82, 2.24) is 0 Å². The van der Waals surface area contributed by atoms with Gasteiger partial charge in [-0.05, 0) is 42.7 Å². The summed E-state index contributed by atoms with van der Waals surface area (Å²) < 4.78 is 5.26. The summed E-state index contributed by atoms with van der Waals surface area (Å²) in [5.74, 6) is 2.11. The molecule has 2 rings (SSSR count). The van der Waals surface area contributed by atoms with Gasteiger partial charge in [0, 0.05) is 5.69 Å². The molecule has 0 aliphatic heterocycles. The first kappa shape index (κ1) is 15.7. The predicted molar refractivity (Wildman–Crippen MR) is 88.6 cm³/mol. The molecule has 1 aromatic heterocycles. The molecule has 0 aliphatic carbocycles. The number of rotatable bonds is 6. The number of carbonyl (C=O) groups excluding carboxylic acids is 1. The number of carbonyl (C=O) groups is 1. The van der Waals surface area contributed by atoms with Gasteiger partial charge < -0.3 is 9.73 Å². The number of nitrogens with one attached hydrogen (secondary N) is 1. The highest BCUT2D eigenvalue weighted by atomic mass is 32.2. The van der Waals surface area contributed by atoms with E-state index in [1.807, 2.05) is 31.2 Å². The van der Waals surface area contributed by atoms with Gasteiger partial charge in [-0.25, -0.2) is 0 Å². The second-order valence-corrected chi connectivity index (χ2v) is 6.63. The summed E-state index contributed by atoms with van der Waals surface area (Å²) in [6, 6.07) is 11.8. The Labute approximate surface area is 130 Å². The van der Waals surface area contributed by atoms with Crippen LogP contribution in [0.2, 0.25) is 0 Å². The summed E-state index contributed by atoms with van der Waals surface area (Å²) in [6.07, 6.45) is 1.65. The van der Waals surface area contributed by atoms with Gasteiger partial charge in [0.1, 0.15) is 5.76 Å². The molecule has 1 heterocycles. The number of thioether (sulfide) groups is 1. The van der Waals surface area contributed by atoms with Crippen molar-refractivity contribution in [3.8, 4) is 0 Å². The number of amides is 1. The molecular formula is C17H21NO2S. The summed E-state index contributed by atoms with van der Waals surface area (Å²) in [7, 11) is 0. The molecule has 0 aliphatic rings. The lowest BCUT2D eigenvalue weighted by atomic mass is 10.0. The van der Waals surface area contributed by atoms with Crippen molar-refractivity contribution in [3.05, 3.63) is 54.0 Å². The van der Waals surface area contributed by atoms with Gasteiger partial charge in [-0.3, -0.25) is 4.79 Å². The van der Waals surface area contributed by atoms with E-state index < -0.39 is 0 Å². The molecule has 0 unspecified atom stereocenters. The molecule has 0 radical (unpaired) electrons. The first-order valence-electron chi connectivity index (χ1n) is 7.11. The second-order valence-electron chi connectivity index (χ2n) is 5.30. The maximum absolute atomic E-state index is 12.1. The topological polar surface area (TPSA) is 42.2 Å². The van der Waals surface area contributed by atoms with Gasteiger partial charge in [-0.15, -0.1) is 11.8 Å². The third kappa shape index (κ3) is 4.67. The van der Waals surface area contributed by atoms with Gasteiger partial charge in [0.15, 0.2) is 0 Å². The van der Waals surface area contributed by atoms with Crippen LogP contribution >= 0.6 is 11.8 Å². The minimum Gasteiger partial charge on any atom is -0.468 e. The lowest BCUT2D eigenvalue weighted by Gasteiger charge is -2.12. The van der Waals surface area contributed by atoms with Crippen LogP contribution in [0.3, 0.4) is 0 Å². The Morgan fingerprint density at radius 2 is 1.90 bits per heavy atom. The van der Waals surface area contributed by atoms with E-state index in [-0.39, 0.29) is 11.2 Å². The van der Waals surface area contributed by atoms with Gasteiger partial charge in [0.25, 0.3) is 0 Å². The molecular weight excluding hydrogens is 282 g/mol. The van der Waals surface area contributed by atoms with Crippen molar-refractivity contribution in [2.75, 3.05) is 5.32 Å². The van der Waals surface area contributed by atoms with Crippen LogP contribution < -0.4 is 5.32 Å². The van der Waals surface area contributed by atoms with E-state index in [4.69, 9.17) is 4.42 Å². The molecule has 0 fully saturated rings. The van der Waals surface area contributed by atoms with Crippen molar-refractivity contribution in [3.63, 3.8) is 0 Å². The van der Waals surface area contributed by atoms with Crippen LogP contribution in [0, 0.1) is 0 Å². The molecule has 112 valence electrons. The van der Waals surface area contributed by atoms with Crippen molar-refractivity contribution < 1.29 is 9.21 Å². The third-order valence-electron chi connectivity index (χ3n) is 3.27. The van der Waals surface area contributed by atoms with Crippen molar-refractivity contribution >= 4 is 23.4 Å². The largest absolute Gasteiger partial charge is 0.468 e. The van der Waals surface area contributed by atoms with Gasteiger partial charge >= 0.3 is 0 Å². The molecule has 0 bridgehead atoms. The maximum Gasteiger partial charge on any atom is 0.237 e. The van der Waals surface area contributed by atoms with Gasteiger partial charge in [0.05, 0.1) is 17.3 Å². The minimum absolute atomic E-state index is 0.0175. The van der Waals surface area contributed by atoms with E-state index >= 15 is 0 Å². The number of furan rings is 1. The summed E-state index contributed by atoms with van der Waals surface area (Å²) in [5, 5.41) is 2.82. The average Bonchev–Trinajstić information content (AvgIpc) is 2.98. The first-order valence-corrected chi connectivity index (χ1v) is 8.16. The summed E-state index contributed by atoms with van der Waals surface area (Å²) in [6.45, 7) is 6.22. The number of benzene rings is 1. The number of anilines is 1. The molecule has 1 N–H and O–H groups in total. The van der Waals surface area contributed by atoms with E-state index in [1.165, 1.54) is 5.56 Å². The van der Waals surface area contributed by atoms with Crippen molar-refractivity contribution in [1.29, 1.82) is 0 Å². The highest BCUT2D eigenvalue weighted by Gasteiger charge is 2.14. The summed E-state index contributed by atoms with van der Waals surface area (Å²) >= 11 is 1.56. The van der Waals surface area contributed by atoms with Crippen LogP contribution in [-0.2, 0) is 10.5 Å². The van der Waals surface area contributed by atoms with E-state index in [9.17, 15) is 4.79 Å². The van der Waals surface area contributed by atoms with Crippen molar-refractivity contribution in [2.24, 2.45) is 0 Å². The molecule has 0 saturated carbocycles. The quantitative estimate of drug-likeness (QED) is 0.843.